The quantitative estimate of drug-likeness (QED) is 0.00571. The maximum atomic E-state index is 13.8. The van der Waals surface area contributed by atoms with Crippen LogP contribution in [0.4, 0.5) is 39.4 Å². The zero-order valence-electron chi connectivity index (χ0n) is 59.6. The van der Waals surface area contributed by atoms with Gasteiger partial charge < -0.3 is 78.0 Å². The molecule has 3 aromatic carbocycles. The number of nitrogen functional groups attached to an aromatic ring is 1. The van der Waals surface area contributed by atoms with E-state index in [4.69, 9.17) is 36.7 Å². The number of carboxylic acids is 1. The van der Waals surface area contributed by atoms with E-state index in [0.29, 0.717) is 43.8 Å². The Kier molecular flexibility index (Phi) is 34.2. The molecule has 7 amide bonds. The van der Waals surface area contributed by atoms with E-state index in [9.17, 15) is 79.9 Å². The average Bonchev–Trinajstić information content (AvgIpc) is 1.52. The number of methoxy groups -OCH3 is 1. The topological polar surface area (TPSA) is 395 Å². The third kappa shape index (κ3) is 24.6. The fourth-order valence-electron chi connectivity index (χ4n) is 10.9. The van der Waals surface area contributed by atoms with Gasteiger partial charge in [-0.05, 0) is 85.4 Å². The van der Waals surface area contributed by atoms with Gasteiger partial charge in [0, 0.05) is 67.6 Å². The summed E-state index contributed by atoms with van der Waals surface area (Å²) in [6.45, 7) is 17.9. The number of pyridine rings is 1. The molecule has 4 aromatic rings. The third-order valence-electron chi connectivity index (χ3n) is 16.2. The molecule has 3 aliphatic heterocycles. The minimum Gasteiger partial charge on any atom is -0.481 e. The van der Waals surface area contributed by atoms with E-state index >= 15 is 0 Å². The number of hydrogen-bond donors (Lipinski definition) is 8. The van der Waals surface area contributed by atoms with Gasteiger partial charge in [0.05, 0.1) is 43.1 Å². The number of anilines is 3. The molecule has 0 spiro atoms. The second kappa shape index (κ2) is 40.0. The predicted molar refractivity (Wildman–Crippen MR) is 367 cm³/mol. The molecule has 1 radical (unpaired) electrons. The number of hydrogen-bond acceptors (Lipinski definition) is 19. The van der Waals surface area contributed by atoms with Gasteiger partial charge in [0.1, 0.15) is 48.6 Å². The first-order valence-electron chi connectivity index (χ1n) is 32.6. The number of benzene rings is 3. The number of aliphatic carboxylic acids is 1. The average molecular weight is 1520 g/mol. The normalized spacial score (nSPS) is 17.8. The summed E-state index contributed by atoms with van der Waals surface area (Å²) in [7, 11) is 1.07. The number of carbonyl (C=O) groups is 12. The van der Waals surface area contributed by atoms with Crippen molar-refractivity contribution in [2.24, 2.45) is 11.3 Å². The Morgan fingerprint density at radius 1 is 0.788 bits per heavy atom. The number of aromatic nitrogens is 1. The molecule has 28 nitrogen and oxygen atoms in total. The number of carbonyl (C=O) groups excluding carboxylic acids is 11. The van der Waals surface area contributed by atoms with E-state index < -0.39 is 155 Å². The van der Waals surface area contributed by atoms with E-state index in [0.717, 1.165) is 23.7 Å². The van der Waals surface area contributed by atoms with Gasteiger partial charge in [0.2, 0.25) is 47.3 Å². The van der Waals surface area contributed by atoms with E-state index in [1.54, 1.807) is 32.0 Å². The number of Topliss-reactive ketones (excluding diaryl/α,β-unsaturated/α-hetero) is 2. The summed E-state index contributed by atoms with van der Waals surface area (Å²) in [5.41, 5.74) is 5.97. The smallest absolute Gasteiger partial charge is 0.411 e. The minimum absolute atomic E-state index is 0. The molecule has 3 saturated heterocycles. The van der Waals surface area contributed by atoms with E-state index in [2.05, 4.69) is 41.4 Å². The van der Waals surface area contributed by atoms with Crippen molar-refractivity contribution in [3.63, 3.8) is 0 Å². The molecule has 1 aromatic heterocycles. The minimum atomic E-state index is -1.92. The second-order valence-corrected chi connectivity index (χ2v) is 26.5. The third-order valence-corrected chi connectivity index (χ3v) is 16.6. The Balaban J connectivity index is 0.000000403. The number of esters is 2. The Bertz CT molecular complexity index is 3830. The van der Waals surface area contributed by atoms with Crippen LogP contribution in [0.3, 0.4) is 0 Å². The zero-order chi connectivity index (χ0) is 76.2. The molecule has 7 rings (SSSR count). The van der Waals surface area contributed by atoms with Crippen molar-refractivity contribution >= 4 is 99.7 Å². The molecule has 3 aliphatic rings. The molecule has 9 atom stereocenters. The van der Waals surface area contributed by atoms with Gasteiger partial charge in [-0.3, -0.25) is 62.9 Å². The SMILES string of the molecule is CCC[C@@H]1OC(=O)C[C@@H]1NC(=O)C1CCCN1C(=O)[C@@H](NC(=O)c1ccc(N)c(Cl)c1)C(C)(C)C.CCOC1OC(=O)CC1NC(=O)[C@H](C)CC(=O)C(=O)Nc1ccccc1C(C)(C)C.CC[C@@H](C(=O)N[C@@H](CC(=O)O)C(=O)COc1c(F)c(F)cc(F)c1F)n1cccc(NC(=O)OC)c1=O.[CH3-].[V]. The fourth-order valence-corrected chi connectivity index (χ4v) is 11.1. The molecular formula is C70H89ClF4N9O19V-. The first-order chi connectivity index (χ1) is 47.8. The molecule has 9 N–H and O–H groups in total. The standard InChI is InChI=1S/C25H35ClN4O5.C22H21F4N3O8.C22H30N2O6.CH3.V/c1-5-7-19-17(13-20(31)35-19)28-23(33)18-8-6-11-30(18)24(34)21(25(2,3)4)29-22(32)14-9-10-16(27)15(26)12-14;1-3-14(29-6-4-5-12(21(29)34)28-22(35)36-2)20(33)27-13(8-16(31)32)15(30)9-37-19-17(25)10(23)7-11(24)18(19)26;1-6-29-21-16(12-18(26)30-21)24-19(27)13(2)11-17(25)20(28)23-15-10-8-7-9-14(15)22(3,4)5;;/h9-10,12,17-19,21H,5-8,11,13,27H2,1-4H3,(H,28,33)(H,29,32);4-7,13-14H,3,8-9H2,1-2H3,(H,27,33)(H,28,35)(H,31,32);7-10,13,16,21H,6,11-12H2,1-5H3,(H,23,28)(H,24,27);1H3;/q;;;-1;/t17-,18?,19-,21+;13-,14-;13-,16?,21?;;/m001../s1. The number of rotatable bonds is 26. The van der Waals surface area contributed by atoms with E-state index in [1.807, 2.05) is 60.6 Å². The van der Waals surface area contributed by atoms with Crippen LogP contribution in [-0.2, 0) is 90.9 Å². The number of para-hydroxylation sites is 1. The van der Waals surface area contributed by atoms with Gasteiger partial charge in [0.25, 0.3) is 17.4 Å². The van der Waals surface area contributed by atoms with Crippen LogP contribution in [0.25, 0.3) is 0 Å². The van der Waals surface area contributed by atoms with Crippen molar-refractivity contribution < 1.29 is 122 Å². The van der Waals surface area contributed by atoms with Gasteiger partial charge >= 0.3 is 24.0 Å². The van der Waals surface area contributed by atoms with Crippen molar-refractivity contribution in [2.75, 3.05) is 43.2 Å². The Morgan fingerprint density at radius 3 is 2.00 bits per heavy atom. The summed E-state index contributed by atoms with van der Waals surface area (Å²) in [5, 5.41) is 24.8. The molecular weight excluding hydrogens is 1430 g/mol. The van der Waals surface area contributed by atoms with Crippen LogP contribution in [0, 0.1) is 42.0 Å². The van der Waals surface area contributed by atoms with Crippen LogP contribution >= 0.6 is 11.6 Å². The summed E-state index contributed by atoms with van der Waals surface area (Å²) >= 11 is 6.06. The Labute approximate surface area is 615 Å². The molecule has 0 bridgehead atoms. The van der Waals surface area contributed by atoms with Crippen LogP contribution in [0.5, 0.6) is 5.75 Å². The van der Waals surface area contributed by atoms with Crippen LogP contribution in [-0.4, -0.2) is 155 Å². The largest absolute Gasteiger partial charge is 0.481 e. The number of nitrogens with zero attached hydrogens (tertiary/aromatic N) is 2. The molecule has 104 heavy (non-hydrogen) atoms. The summed E-state index contributed by atoms with van der Waals surface area (Å²) in [5.74, 6) is -17.2. The van der Waals surface area contributed by atoms with Crippen LogP contribution in [0.1, 0.15) is 149 Å². The number of nitrogens with two attached hydrogens (primary N) is 1. The Morgan fingerprint density at radius 2 is 1.41 bits per heavy atom. The number of carboxylic acid groups (broad SMARTS) is 1. The summed E-state index contributed by atoms with van der Waals surface area (Å²) in [6.07, 6.45) is 0.576. The molecule has 34 heteroatoms. The van der Waals surface area contributed by atoms with Crippen molar-refractivity contribution in [3.8, 4) is 5.75 Å². The number of nitrogens with one attached hydrogen (secondary N) is 6. The number of cyclic esters (lactones) is 2. The van der Waals surface area contributed by atoms with E-state index in [1.165, 1.54) is 42.3 Å². The van der Waals surface area contributed by atoms with Crippen LogP contribution < -0.4 is 47.9 Å². The van der Waals surface area contributed by atoms with Gasteiger partial charge in [-0.2, -0.15) is 8.78 Å². The first kappa shape index (κ1) is 88.8. The van der Waals surface area contributed by atoms with Crippen molar-refractivity contribution in [1.82, 2.24) is 30.7 Å². The molecule has 3 fully saturated rings. The zero-order valence-corrected chi connectivity index (χ0v) is 61.8. The van der Waals surface area contributed by atoms with Crippen molar-refractivity contribution in [1.29, 1.82) is 0 Å². The van der Waals surface area contributed by atoms with Gasteiger partial charge in [-0.15, -0.1) is 0 Å². The molecule has 569 valence electrons. The number of ketones is 2. The monoisotopic (exact) mass is 1520 g/mol. The maximum Gasteiger partial charge on any atom is 0.411 e. The number of ether oxygens (including phenoxy) is 5. The molecule has 4 heterocycles. The molecule has 0 saturated carbocycles. The first-order valence-corrected chi connectivity index (χ1v) is 33.0. The van der Waals surface area contributed by atoms with Gasteiger partial charge in [-0.25, -0.2) is 13.6 Å². The predicted octanol–water partition coefficient (Wildman–Crippen LogP) is 7.56. The second-order valence-electron chi connectivity index (χ2n) is 26.1. The van der Waals surface area contributed by atoms with Crippen molar-refractivity contribution in [2.45, 2.75) is 181 Å². The van der Waals surface area contributed by atoms with Gasteiger partial charge in [0.15, 0.2) is 23.2 Å². The molecule has 0 aliphatic carbocycles. The van der Waals surface area contributed by atoms with Crippen LogP contribution in [0.2, 0.25) is 5.02 Å². The maximum absolute atomic E-state index is 13.8. The molecule has 3 unspecified atom stereocenters. The van der Waals surface area contributed by atoms with Crippen LogP contribution in [0.15, 0.2) is 71.7 Å². The summed E-state index contributed by atoms with van der Waals surface area (Å²) < 4.78 is 79.8. The number of halogens is 5. The number of likely N-dealkylation sites (tertiary alicyclic amines) is 1. The van der Waals surface area contributed by atoms with Gasteiger partial charge in [-0.1, -0.05) is 98.5 Å². The van der Waals surface area contributed by atoms with E-state index in [-0.39, 0.29) is 103 Å². The fraction of sp³-hybridized carbons (Fsp3) is 0.486. The Hall–Kier alpha value is -9.40. The summed E-state index contributed by atoms with van der Waals surface area (Å²) in [6, 6.07) is 8.67. The van der Waals surface area contributed by atoms with Crippen molar-refractivity contribution in [3.05, 3.63) is 124 Å². The summed E-state index contributed by atoms with van der Waals surface area (Å²) in [4.78, 5) is 163. The number of amides is 7.